The van der Waals surface area contributed by atoms with Gasteiger partial charge in [-0.3, -0.25) is 4.79 Å². The fourth-order valence-corrected chi connectivity index (χ4v) is 1.71. The van der Waals surface area contributed by atoms with Gasteiger partial charge in [-0.15, -0.1) is 10.2 Å². The first-order valence-electron chi connectivity index (χ1n) is 6.33. The van der Waals surface area contributed by atoms with Gasteiger partial charge in [0.15, 0.2) is 5.69 Å². The maximum Gasteiger partial charge on any atom is 0.271 e. The number of aliphatic hydroxyl groups excluding tert-OH is 1. The molecule has 1 unspecified atom stereocenters. The van der Waals surface area contributed by atoms with Gasteiger partial charge >= 0.3 is 0 Å². The second kappa shape index (κ2) is 6.76. The summed E-state index contributed by atoms with van der Waals surface area (Å²) in [5, 5.41) is 22.8. The molecule has 21 heavy (non-hydrogen) atoms. The third-order valence-corrected chi connectivity index (χ3v) is 2.83. The Bertz CT molecular complexity index is 619. The molecule has 0 fully saturated rings. The predicted molar refractivity (Wildman–Crippen MR) is 75.3 cm³/mol. The summed E-state index contributed by atoms with van der Waals surface area (Å²) in [4.78, 5) is 11.3. The van der Waals surface area contributed by atoms with Gasteiger partial charge < -0.3 is 15.7 Å². The van der Waals surface area contributed by atoms with Crippen LogP contribution in [0.1, 0.15) is 22.2 Å². The Morgan fingerprint density at radius 3 is 2.76 bits per heavy atom. The lowest BCUT2D eigenvalue weighted by Crippen LogP contribution is -2.20. The minimum atomic E-state index is -0.874. The molecule has 6 nitrogen and oxygen atoms in total. The number of benzene rings is 1. The van der Waals surface area contributed by atoms with Crippen molar-refractivity contribution in [3.8, 4) is 0 Å². The molecule has 0 aliphatic rings. The summed E-state index contributed by atoms with van der Waals surface area (Å²) < 4.78 is 13.1. The van der Waals surface area contributed by atoms with Crippen LogP contribution in [0.2, 0.25) is 0 Å². The van der Waals surface area contributed by atoms with E-state index < -0.39 is 11.9 Å². The topological polar surface area (TPSA) is 87.1 Å². The van der Waals surface area contributed by atoms with E-state index in [1.54, 1.807) is 12.1 Å². The third-order valence-electron chi connectivity index (χ3n) is 2.83. The van der Waals surface area contributed by atoms with Crippen LogP contribution >= 0.6 is 0 Å². The highest BCUT2D eigenvalue weighted by Crippen LogP contribution is 2.14. The normalized spacial score (nSPS) is 11.8. The highest BCUT2D eigenvalue weighted by Gasteiger charge is 2.09. The highest BCUT2D eigenvalue weighted by atomic mass is 19.1. The molecule has 110 valence electrons. The average Bonchev–Trinajstić information content (AvgIpc) is 2.52. The number of hydrogen-bond donors (Lipinski definition) is 3. The first-order valence-corrected chi connectivity index (χ1v) is 6.33. The first-order chi connectivity index (χ1) is 10.1. The van der Waals surface area contributed by atoms with Gasteiger partial charge in [0.1, 0.15) is 11.6 Å². The Labute approximate surface area is 121 Å². The van der Waals surface area contributed by atoms with Gasteiger partial charge in [-0.25, -0.2) is 4.39 Å². The van der Waals surface area contributed by atoms with E-state index in [0.29, 0.717) is 11.4 Å². The predicted octanol–water partition coefficient (Wildman–Crippen LogP) is 1.12. The number of aromatic nitrogens is 2. The molecule has 3 N–H and O–H groups in total. The summed E-state index contributed by atoms with van der Waals surface area (Å²) in [7, 11) is 1.51. The van der Waals surface area contributed by atoms with Gasteiger partial charge in [-0.1, -0.05) is 12.1 Å². The molecular weight excluding hydrogens is 275 g/mol. The molecule has 2 aromatic rings. The van der Waals surface area contributed by atoms with Gasteiger partial charge in [-0.05, 0) is 29.8 Å². The van der Waals surface area contributed by atoms with Crippen molar-refractivity contribution in [1.29, 1.82) is 0 Å². The van der Waals surface area contributed by atoms with Crippen LogP contribution in [-0.4, -0.2) is 34.8 Å². The van der Waals surface area contributed by atoms with Crippen LogP contribution in [0.25, 0.3) is 0 Å². The smallest absolute Gasteiger partial charge is 0.271 e. The summed E-state index contributed by atoms with van der Waals surface area (Å²) in [6.07, 6.45) is -0.874. The molecule has 1 heterocycles. The minimum absolute atomic E-state index is 0.150. The summed E-state index contributed by atoms with van der Waals surface area (Å²) in [6.45, 7) is 0.150. The molecule has 1 atom stereocenters. The Morgan fingerprint density at radius 2 is 2.14 bits per heavy atom. The molecule has 0 aliphatic carbocycles. The maximum absolute atomic E-state index is 13.1. The zero-order valence-electron chi connectivity index (χ0n) is 11.4. The van der Waals surface area contributed by atoms with E-state index in [1.807, 2.05) is 0 Å². The quantitative estimate of drug-likeness (QED) is 0.768. The average molecular weight is 290 g/mol. The van der Waals surface area contributed by atoms with Gasteiger partial charge in [0.2, 0.25) is 0 Å². The summed E-state index contributed by atoms with van der Waals surface area (Å²) in [5.41, 5.74) is 0.672. The fraction of sp³-hybridized carbons (Fsp3) is 0.214. The number of halogens is 1. The molecule has 0 aliphatic heterocycles. The summed E-state index contributed by atoms with van der Waals surface area (Å²) in [5.74, 6) is -0.312. The van der Waals surface area contributed by atoms with Crippen LogP contribution in [0.15, 0.2) is 36.4 Å². The first kappa shape index (κ1) is 14.9. The molecule has 2 rings (SSSR count). The number of aliphatic hydroxyl groups is 1. The molecule has 7 heteroatoms. The van der Waals surface area contributed by atoms with E-state index in [-0.39, 0.29) is 18.1 Å². The van der Waals surface area contributed by atoms with Crippen LogP contribution in [0.5, 0.6) is 0 Å². The zero-order valence-corrected chi connectivity index (χ0v) is 11.4. The molecule has 0 saturated carbocycles. The molecule has 0 saturated heterocycles. The zero-order chi connectivity index (χ0) is 15.2. The number of carbonyl (C=O) groups excluding carboxylic acids is 1. The lowest BCUT2D eigenvalue weighted by atomic mass is 10.1. The van der Waals surface area contributed by atoms with Crippen LogP contribution in [0.3, 0.4) is 0 Å². The van der Waals surface area contributed by atoms with E-state index in [2.05, 4.69) is 20.8 Å². The maximum atomic E-state index is 13.1. The standard InChI is InChI=1S/C14H15FN4O2/c1-16-14(21)11-5-6-13(19-18-11)17-8-12(20)9-3-2-4-10(15)7-9/h2-7,12,20H,8H2,1H3,(H,16,21)(H,17,19). The van der Waals surface area contributed by atoms with Crippen molar-refractivity contribution in [3.05, 3.63) is 53.5 Å². The second-order valence-electron chi connectivity index (χ2n) is 4.33. The molecule has 1 amide bonds. The van der Waals surface area contributed by atoms with Crippen LogP contribution in [0, 0.1) is 5.82 Å². The number of amides is 1. The third kappa shape index (κ3) is 3.96. The Morgan fingerprint density at radius 1 is 1.33 bits per heavy atom. The van der Waals surface area contributed by atoms with Crippen molar-refractivity contribution < 1.29 is 14.3 Å². The number of hydrogen-bond acceptors (Lipinski definition) is 5. The van der Waals surface area contributed by atoms with E-state index in [9.17, 15) is 14.3 Å². The molecule has 0 spiro atoms. The van der Waals surface area contributed by atoms with Gasteiger partial charge in [-0.2, -0.15) is 0 Å². The van der Waals surface area contributed by atoms with Crippen LogP contribution < -0.4 is 10.6 Å². The van der Waals surface area contributed by atoms with Crippen molar-refractivity contribution in [3.63, 3.8) is 0 Å². The summed E-state index contributed by atoms with van der Waals surface area (Å²) in [6, 6.07) is 8.85. The monoisotopic (exact) mass is 290 g/mol. The Kier molecular flexibility index (Phi) is 4.78. The Balaban J connectivity index is 1.95. The van der Waals surface area contributed by atoms with Crippen molar-refractivity contribution in [2.24, 2.45) is 0 Å². The van der Waals surface area contributed by atoms with E-state index in [4.69, 9.17) is 0 Å². The lowest BCUT2D eigenvalue weighted by molar-refractivity contribution is 0.0957. The molecule has 1 aromatic heterocycles. The van der Waals surface area contributed by atoms with Gasteiger partial charge in [0, 0.05) is 13.6 Å². The van der Waals surface area contributed by atoms with Gasteiger partial charge in [0.05, 0.1) is 6.10 Å². The number of carbonyl (C=O) groups is 1. The highest BCUT2D eigenvalue weighted by molar-refractivity contribution is 5.91. The van der Waals surface area contributed by atoms with Crippen molar-refractivity contribution in [1.82, 2.24) is 15.5 Å². The molecule has 0 radical (unpaired) electrons. The SMILES string of the molecule is CNC(=O)c1ccc(NCC(O)c2cccc(F)c2)nn1. The van der Waals surface area contributed by atoms with E-state index in [0.717, 1.165) is 0 Å². The van der Waals surface area contributed by atoms with Gasteiger partial charge in [0.25, 0.3) is 5.91 Å². The van der Waals surface area contributed by atoms with Crippen LogP contribution in [0.4, 0.5) is 10.2 Å². The minimum Gasteiger partial charge on any atom is -0.387 e. The van der Waals surface area contributed by atoms with Crippen molar-refractivity contribution in [2.75, 3.05) is 18.9 Å². The number of anilines is 1. The van der Waals surface area contributed by atoms with Crippen molar-refractivity contribution in [2.45, 2.75) is 6.10 Å². The fourth-order valence-electron chi connectivity index (χ4n) is 1.71. The Hall–Kier alpha value is -2.54. The number of nitrogens with one attached hydrogen (secondary N) is 2. The largest absolute Gasteiger partial charge is 0.387 e. The lowest BCUT2D eigenvalue weighted by Gasteiger charge is -2.12. The summed E-state index contributed by atoms with van der Waals surface area (Å²) >= 11 is 0. The van der Waals surface area contributed by atoms with E-state index in [1.165, 1.54) is 31.3 Å². The number of rotatable bonds is 5. The molecule has 1 aromatic carbocycles. The van der Waals surface area contributed by atoms with Crippen LogP contribution in [-0.2, 0) is 0 Å². The van der Waals surface area contributed by atoms with E-state index >= 15 is 0 Å². The van der Waals surface area contributed by atoms with Crippen molar-refractivity contribution >= 4 is 11.7 Å². The molecule has 0 bridgehead atoms. The second-order valence-corrected chi connectivity index (χ2v) is 4.33. The number of nitrogens with zero attached hydrogens (tertiary/aromatic N) is 2. The molecular formula is C14H15FN4O2.